The molecule has 0 unspecified atom stereocenters. The van der Waals surface area contributed by atoms with Crippen molar-refractivity contribution in [1.82, 2.24) is 10.6 Å². The minimum atomic E-state index is -0.526. The summed E-state index contributed by atoms with van der Waals surface area (Å²) >= 11 is 0. The Kier molecular flexibility index (Phi) is 31.4. The number of ketones is 2. The molecule has 2 aliphatic rings. The summed E-state index contributed by atoms with van der Waals surface area (Å²) < 4.78 is 21.9. The van der Waals surface area contributed by atoms with E-state index in [0.717, 1.165) is 28.7 Å². The van der Waals surface area contributed by atoms with Crippen LogP contribution in [0.15, 0.2) is 117 Å². The van der Waals surface area contributed by atoms with Crippen LogP contribution in [0.5, 0.6) is 0 Å². The van der Waals surface area contributed by atoms with Gasteiger partial charge in [-0.2, -0.15) is 0 Å². The van der Waals surface area contributed by atoms with E-state index in [1.807, 2.05) is 51.2 Å². The van der Waals surface area contributed by atoms with Crippen LogP contribution in [0.1, 0.15) is 160 Å². The van der Waals surface area contributed by atoms with Gasteiger partial charge in [0.05, 0.1) is 39.6 Å². The third kappa shape index (κ3) is 28.4. The molecule has 0 bridgehead atoms. The van der Waals surface area contributed by atoms with Gasteiger partial charge in [-0.05, 0) is 145 Å². The third-order valence-electron chi connectivity index (χ3n) is 13.2. The van der Waals surface area contributed by atoms with Gasteiger partial charge in [0.1, 0.15) is 5.78 Å². The molecule has 10 heteroatoms. The fraction of sp³-hybridized carbons (Fsp3) is 0.607. The number of amides is 2. The van der Waals surface area contributed by atoms with Crippen LogP contribution in [0.2, 0.25) is 0 Å². The Morgan fingerprint density at radius 1 is 0.592 bits per heavy atom. The zero-order valence-corrected chi connectivity index (χ0v) is 46.0. The van der Waals surface area contributed by atoms with E-state index in [0.29, 0.717) is 104 Å². The van der Waals surface area contributed by atoms with E-state index in [1.165, 1.54) is 54.4 Å². The lowest BCUT2D eigenvalue weighted by Crippen LogP contribution is -2.34. The molecule has 2 N–H and O–H groups in total. The summed E-state index contributed by atoms with van der Waals surface area (Å²) in [6.07, 6.45) is 34.6. The van der Waals surface area contributed by atoms with Crippen LogP contribution >= 0.6 is 0 Å². The highest BCUT2D eigenvalue weighted by atomic mass is 16.5. The van der Waals surface area contributed by atoms with E-state index in [4.69, 9.17) is 18.9 Å². The highest BCUT2D eigenvalue weighted by Gasteiger charge is 2.27. The van der Waals surface area contributed by atoms with Crippen molar-refractivity contribution < 1.29 is 38.1 Å². The highest BCUT2D eigenvalue weighted by molar-refractivity contribution is 5.94. The second kappa shape index (κ2) is 35.6. The maximum Gasteiger partial charge on any atom is 0.244 e. The van der Waals surface area contributed by atoms with Crippen molar-refractivity contribution in [1.29, 1.82) is 0 Å². The molecule has 2 aliphatic carbocycles. The molecule has 0 radical (unpaired) electrons. The predicted octanol–water partition coefficient (Wildman–Crippen LogP) is 12.9. The average molecular weight is 983 g/mol. The number of unbranched alkanes of at least 4 members (excludes halogenated alkanes) is 1. The molecular weight excluding hydrogens is 889 g/mol. The SMILES string of the molecule is CCOCCOCCC(=O)CCCOCCOCCNC(=O)[C@@H](CCCCNC(=O)/C=C(C)/C=C/C=C(C)/C=C/C1=C(C)CCCC1(C)C)CC(=O)/C=C(C)/C=C/C=C(C)/C=C/C1=C(C)CCCC1(C)C. The van der Waals surface area contributed by atoms with E-state index in [2.05, 4.69) is 96.4 Å². The number of hydrogen-bond acceptors (Lipinski definition) is 8. The number of rotatable bonds is 35. The third-order valence-corrected chi connectivity index (χ3v) is 13.2. The zero-order chi connectivity index (χ0) is 52.5. The topological polar surface area (TPSA) is 129 Å². The standard InChI is InChI=1S/C61H94N2O8/c1-12-68-40-41-70-38-32-54(64)27-19-37-69-42-43-71-39-36-63-59(67)53(46-55(65)44-49(4)22-15-20-47(2)28-30-56-51(6)24-17-33-60(56,8)9)26-13-14-35-62-58(66)45-50(5)23-16-21-48(3)29-31-57-52(7)25-18-34-61(57,10)11/h15-16,20-23,28-31,44-45,53H,12-14,17-19,24-27,32-43,46H2,1-11H3,(H,62,66)(H,63,67)/b22-15+,23-16+,30-28+,31-29+,47-20+,48-21+,49-44+,50-45+/t53-/m0/s1. The maximum absolute atomic E-state index is 13.5. The smallest absolute Gasteiger partial charge is 0.244 e. The number of ether oxygens (including phenoxy) is 4. The Morgan fingerprint density at radius 3 is 1.69 bits per heavy atom. The second-order valence-corrected chi connectivity index (χ2v) is 20.7. The van der Waals surface area contributed by atoms with Gasteiger partial charge in [0.2, 0.25) is 11.8 Å². The van der Waals surface area contributed by atoms with Gasteiger partial charge >= 0.3 is 0 Å². The molecule has 0 fully saturated rings. The van der Waals surface area contributed by atoms with Crippen molar-refractivity contribution in [3.05, 3.63) is 117 Å². The first-order valence-corrected chi connectivity index (χ1v) is 26.6. The monoisotopic (exact) mass is 983 g/mol. The van der Waals surface area contributed by atoms with Crippen molar-refractivity contribution in [2.75, 3.05) is 65.9 Å². The minimum Gasteiger partial charge on any atom is -0.379 e. The molecule has 1 atom stereocenters. The summed E-state index contributed by atoms with van der Waals surface area (Å²) in [5, 5.41) is 5.93. The fourth-order valence-electron chi connectivity index (χ4n) is 8.99. The number of carbonyl (C=O) groups is 4. The van der Waals surface area contributed by atoms with E-state index in [9.17, 15) is 19.2 Å². The number of hydrogen-bond donors (Lipinski definition) is 2. The molecule has 2 amide bonds. The Hall–Kier alpha value is -4.48. The summed E-state index contributed by atoms with van der Waals surface area (Å²) in [6.45, 7) is 28.0. The Morgan fingerprint density at radius 2 is 1.13 bits per heavy atom. The van der Waals surface area contributed by atoms with Crippen molar-refractivity contribution in [2.24, 2.45) is 16.7 Å². The summed E-state index contributed by atoms with van der Waals surface area (Å²) in [5.74, 6) is -0.848. The van der Waals surface area contributed by atoms with Crippen LogP contribution in [0.3, 0.4) is 0 Å². The summed E-state index contributed by atoms with van der Waals surface area (Å²) in [4.78, 5) is 51.6. The van der Waals surface area contributed by atoms with E-state index in [1.54, 1.807) is 12.2 Å². The van der Waals surface area contributed by atoms with Crippen molar-refractivity contribution in [3.63, 3.8) is 0 Å². The predicted molar refractivity (Wildman–Crippen MR) is 293 cm³/mol. The molecule has 0 spiro atoms. The molecule has 10 nitrogen and oxygen atoms in total. The van der Waals surface area contributed by atoms with Gasteiger partial charge in [0.25, 0.3) is 0 Å². The normalized spacial score (nSPS) is 17.6. The molecule has 0 aromatic rings. The lowest BCUT2D eigenvalue weighted by Gasteiger charge is -2.33. The largest absolute Gasteiger partial charge is 0.379 e. The first-order chi connectivity index (χ1) is 33.8. The van der Waals surface area contributed by atoms with Crippen LogP contribution in [0.25, 0.3) is 0 Å². The van der Waals surface area contributed by atoms with Gasteiger partial charge in [-0.1, -0.05) is 117 Å². The summed E-state index contributed by atoms with van der Waals surface area (Å²) in [6, 6.07) is 0. The Bertz CT molecular complexity index is 2000. The lowest BCUT2D eigenvalue weighted by atomic mass is 9.72. The Balaban J connectivity index is 1.89. The number of nitrogens with one attached hydrogen (secondary N) is 2. The molecule has 0 saturated carbocycles. The van der Waals surface area contributed by atoms with Crippen molar-refractivity contribution in [2.45, 2.75) is 160 Å². The first-order valence-electron chi connectivity index (χ1n) is 26.6. The van der Waals surface area contributed by atoms with Crippen LogP contribution in [-0.4, -0.2) is 89.3 Å². The van der Waals surface area contributed by atoms with Crippen LogP contribution in [0.4, 0.5) is 0 Å². The van der Waals surface area contributed by atoms with Gasteiger partial charge in [-0.15, -0.1) is 0 Å². The molecular formula is C61H94N2O8. The van der Waals surface area contributed by atoms with Gasteiger partial charge < -0.3 is 29.6 Å². The summed E-state index contributed by atoms with van der Waals surface area (Å²) in [7, 11) is 0. The number of Topliss-reactive ketones (excluding diaryl/α,β-unsaturated/α-hetero) is 1. The second-order valence-electron chi connectivity index (χ2n) is 20.7. The first kappa shape index (κ1) is 62.6. The van der Waals surface area contributed by atoms with Gasteiger partial charge in [-0.25, -0.2) is 0 Å². The summed E-state index contributed by atoms with van der Waals surface area (Å²) in [5.41, 5.74) is 10.1. The maximum atomic E-state index is 13.5. The Labute approximate surface area is 430 Å². The van der Waals surface area contributed by atoms with Crippen LogP contribution in [0, 0.1) is 16.7 Å². The molecule has 396 valence electrons. The van der Waals surface area contributed by atoms with E-state index >= 15 is 0 Å². The minimum absolute atomic E-state index is 0.0802. The molecule has 0 aliphatic heterocycles. The number of carbonyl (C=O) groups excluding carboxylic acids is 4. The van der Waals surface area contributed by atoms with E-state index < -0.39 is 5.92 Å². The van der Waals surface area contributed by atoms with Crippen LogP contribution < -0.4 is 10.6 Å². The quantitative estimate of drug-likeness (QED) is 0.0365. The average Bonchev–Trinajstić information content (AvgIpc) is 3.29. The van der Waals surface area contributed by atoms with Gasteiger partial charge in [0, 0.05) is 57.6 Å². The molecule has 71 heavy (non-hydrogen) atoms. The van der Waals surface area contributed by atoms with Crippen LogP contribution in [-0.2, 0) is 38.1 Å². The highest BCUT2D eigenvalue weighted by Crippen LogP contribution is 2.42. The molecule has 2 rings (SSSR count). The fourth-order valence-corrected chi connectivity index (χ4v) is 8.99. The lowest BCUT2D eigenvalue weighted by molar-refractivity contribution is -0.128. The molecule has 0 aromatic heterocycles. The number of allylic oxidation sites excluding steroid dienone is 19. The zero-order valence-electron chi connectivity index (χ0n) is 46.0. The molecule has 0 saturated heterocycles. The van der Waals surface area contributed by atoms with Gasteiger partial charge in [-0.3, -0.25) is 19.2 Å². The molecule has 0 heterocycles. The van der Waals surface area contributed by atoms with Crippen molar-refractivity contribution in [3.8, 4) is 0 Å². The van der Waals surface area contributed by atoms with Crippen molar-refractivity contribution >= 4 is 23.4 Å². The van der Waals surface area contributed by atoms with Gasteiger partial charge in [0.15, 0.2) is 5.78 Å². The molecule has 0 aromatic carbocycles. The van der Waals surface area contributed by atoms with E-state index in [-0.39, 0.29) is 40.6 Å².